The number of hydrogen-bond donors (Lipinski definition) is 0. The number of fused-ring (bicyclic) bond motifs is 1. The van der Waals surface area contributed by atoms with E-state index in [9.17, 15) is 0 Å². The van der Waals surface area contributed by atoms with Gasteiger partial charge < -0.3 is 0 Å². The number of hydrogen-bond acceptors (Lipinski definition) is 0. The average molecular weight is 204 g/mol. The van der Waals surface area contributed by atoms with Gasteiger partial charge in [-0.15, -0.1) is 0 Å². The Morgan fingerprint density at radius 2 is 2.20 bits per heavy atom. The third-order valence-electron chi connectivity index (χ3n) is 4.85. The van der Waals surface area contributed by atoms with Crippen LogP contribution in [-0.2, 0) is 0 Å². The summed E-state index contributed by atoms with van der Waals surface area (Å²) in [6.07, 6.45) is 9.30. The normalized spacial score (nSPS) is 40.6. The van der Waals surface area contributed by atoms with Gasteiger partial charge in [0, 0.05) is 0 Å². The summed E-state index contributed by atoms with van der Waals surface area (Å²) in [6.45, 7) is 11.2. The maximum Gasteiger partial charge on any atom is -0.0146 e. The summed E-state index contributed by atoms with van der Waals surface area (Å²) in [7, 11) is 0. The lowest BCUT2D eigenvalue weighted by atomic mass is 9.57. The second-order valence-corrected chi connectivity index (χ2v) is 6.01. The van der Waals surface area contributed by atoms with Crippen molar-refractivity contribution in [3.63, 3.8) is 0 Å². The molecule has 0 N–H and O–H groups in total. The van der Waals surface area contributed by atoms with Crippen molar-refractivity contribution in [1.82, 2.24) is 0 Å². The van der Waals surface area contributed by atoms with E-state index in [1.807, 2.05) is 0 Å². The molecule has 3 atom stereocenters. The molecular formula is C15H24. The first-order chi connectivity index (χ1) is 7.03. The fourth-order valence-electron chi connectivity index (χ4n) is 3.62. The van der Waals surface area contributed by atoms with Crippen LogP contribution in [0.3, 0.4) is 0 Å². The van der Waals surface area contributed by atoms with E-state index in [1.54, 1.807) is 5.57 Å². The van der Waals surface area contributed by atoms with Gasteiger partial charge in [0.1, 0.15) is 0 Å². The van der Waals surface area contributed by atoms with Gasteiger partial charge >= 0.3 is 0 Å². The Labute approximate surface area is 94.5 Å². The predicted molar refractivity (Wildman–Crippen MR) is 66.7 cm³/mol. The zero-order valence-electron chi connectivity index (χ0n) is 10.5. The average Bonchev–Trinajstić information content (AvgIpc) is 2.17. The quantitative estimate of drug-likeness (QED) is 0.542. The summed E-state index contributed by atoms with van der Waals surface area (Å²) < 4.78 is 0. The van der Waals surface area contributed by atoms with Crippen molar-refractivity contribution in [2.24, 2.45) is 17.3 Å². The summed E-state index contributed by atoms with van der Waals surface area (Å²) in [5.41, 5.74) is 3.65. The van der Waals surface area contributed by atoms with Crippen LogP contribution in [-0.4, -0.2) is 0 Å². The highest BCUT2D eigenvalue weighted by Crippen LogP contribution is 2.52. The van der Waals surface area contributed by atoms with Crippen LogP contribution in [0.4, 0.5) is 0 Å². The highest BCUT2D eigenvalue weighted by Gasteiger charge is 2.41. The van der Waals surface area contributed by atoms with Crippen LogP contribution >= 0.6 is 0 Å². The fourth-order valence-corrected chi connectivity index (χ4v) is 3.62. The monoisotopic (exact) mass is 204 g/mol. The van der Waals surface area contributed by atoms with Gasteiger partial charge in [0.2, 0.25) is 0 Å². The number of allylic oxidation sites excluding steroid dienone is 3. The molecule has 2 aliphatic carbocycles. The number of rotatable bonds is 1. The first-order valence-electron chi connectivity index (χ1n) is 6.35. The van der Waals surface area contributed by atoms with Crippen LogP contribution in [0.2, 0.25) is 0 Å². The maximum absolute atomic E-state index is 4.14. The summed E-state index contributed by atoms with van der Waals surface area (Å²) in [5, 5.41) is 0. The van der Waals surface area contributed by atoms with E-state index >= 15 is 0 Å². The zero-order valence-corrected chi connectivity index (χ0v) is 10.5. The fraction of sp³-hybridized carbons (Fsp3) is 0.733. The lowest BCUT2D eigenvalue weighted by Gasteiger charge is -2.47. The molecule has 0 heterocycles. The van der Waals surface area contributed by atoms with E-state index in [0.29, 0.717) is 5.41 Å². The third kappa shape index (κ3) is 1.91. The molecule has 84 valence electrons. The van der Waals surface area contributed by atoms with Gasteiger partial charge in [-0.25, -0.2) is 0 Å². The van der Waals surface area contributed by atoms with Crippen molar-refractivity contribution < 1.29 is 0 Å². The highest BCUT2D eigenvalue weighted by molar-refractivity contribution is 5.16. The van der Waals surface area contributed by atoms with E-state index < -0.39 is 0 Å². The molecule has 0 nitrogen and oxygen atoms in total. The van der Waals surface area contributed by atoms with Crippen LogP contribution in [0.1, 0.15) is 52.9 Å². The first kappa shape index (κ1) is 11.0. The van der Waals surface area contributed by atoms with Crippen molar-refractivity contribution in [2.45, 2.75) is 52.9 Å². The molecule has 0 aromatic heterocycles. The molecule has 0 radical (unpaired) electrons. The second-order valence-electron chi connectivity index (χ2n) is 6.01. The van der Waals surface area contributed by atoms with Gasteiger partial charge in [0.15, 0.2) is 0 Å². The van der Waals surface area contributed by atoms with Crippen LogP contribution in [0.15, 0.2) is 23.8 Å². The Kier molecular flexibility index (Phi) is 2.79. The lowest BCUT2D eigenvalue weighted by molar-refractivity contribution is 0.0981. The molecule has 0 aromatic carbocycles. The van der Waals surface area contributed by atoms with Gasteiger partial charge in [-0.3, -0.25) is 0 Å². The zero-order chi connectivity index (χ0) is 11.1. The lowest BCUT2D eigenvalue weighted by Crippen LogP contribution is -2.37. The minimum Gasteiger partial charge on any atom is -0.0999 e. The van der Waals surface area contributed by atoms with Crippen LogP contribution < -0.4 is 0 Å². The van der Waals surface area contributed by atoms with E-state index in [1.165, 1.54) is 37.7 Å². The van der Waals surface area contributed by atoms with Gasteiger partial charge in [0.25, 0.3) is 0 Å². The van der Waals surface area contributed by atoms with Crippen molar-refractivity contribution >= 4 is 0 Å². The third-order valence-corrected chi connectivity index (χ3v) is 4.85. The van der Waals surface area contributed by atoms with E-state index in [0.717, 1.165) is 11.8 Å². The summed E-state index contributed by atoms with van der Waals surface area (Å²) in [4.78, 5) is 0. The first-order valence-corrected chi connectivity index (χ1v) is 6.35. The standard InChI is InChI=1S/C15H24/c1-11(2)13-7-9-15(4)8-5-6-12(3)14(15)10-13/h6,13-14H,1,5,7-10H2,2-4H3/t13-,14+,15+/m0/s1. The van der Waals surface area contributed by atoms with Crippen molar-refractivity contribution in [3.05, 3.63) is 23.8 Å². The molecule has 0 aromatic rings. The van der Waals surface area contributed by atoms with E-state index in [2.05, 4.69) is 33.4 Å². The molecule has 1 fully saturated rings. The van der Waals surface area contributed by atoms with E-state index in [-0.39, 0.29) is 0 Å². The molecule has 15 heavy (non-hydrogen) atoms. The molecule has 2 rings (SSSR count). The van der Waals surface area contributed by atoms with Crippen LogP contribution in [0.5, 0.6) is 0 Å². The van der Waals surface area contributed by atoms with Crippen molar-refractivity contribution in [2.75, 3.05) is 0 Å². The Hall–Kier alpha value is -0.520. The molecule has 0 saturated heterocycles. The predicted octanol–water partition coefficient (Wildman–Crippen LogP) is 4.73. The largest absolute Gasteiger partial charge is 0.0999 e. The van der Waals surface area contributed by atoms with Crippen molar-refractivity contribution in [3.8, 4) is 0 Å². The van der Waals surface area contributed by atoms with E-state index in [4.69, 9.17) is 0 Å². The molecule has 0 spiro atoms. The van der Waals surface area contributed by atoms with Gasteiger partial charge in [-0.1, -0.05) is 30.7 Å². The summed E-state index contributed by atoms with van der Waals surface area (Å²) >= 11 is 0. The second kappa shape index (κ2) is 3.81. The molecular weight excluding hydrogens is 180 g/mol. The SMILES string of the molecule is C=C(C)[C@H]1CC[C@@]2(C)CCC=C(C)[C@H]2C1. The molecule has 0 unspecified atom stereocenters. The van der Waals surface area contributed by atoms with Gasteiger partial charge in [-0.2, -0.15) is 0 Å². The molecule has 0 heteroatoms. The Morgan fingerprint density at radius 3 is 2.87 bits per heavy atom. The van der Waals surface area contributed by atoms with Crippen molar-refractivity contribution in [1.29, 1.82) is 0 Å². The minimum absolute atomic E-state index is 0.602. The molecule has 0 amide bonds. The van der Waals surface area contributed by atoms with Crippen LogP contribution in [0.25, 0.3) is 0 Å². The molecule has 0 bridgehead atoms. The van der Waals surface area contributed by atoms with Crippen LogP contribution in [0, 0.1) is 17.3 Å². The molecule has 0 aliphatic heterocycles. The molecule has 2 aliphatic rings. The van der Waals surface area contributed by atoms with Gasteiger partial charge in [0.05, 0.1) is 0 Å². The molecule has 1 saturated carbocycles. The Balaban J connectivity index is 2.19. The van der Waals surface area contributed by atoms with Gasteiger partial charge in [-0.05, 0) is 63.2 Å². The topological polar surface area (TPSA) is 0 Å². The summed E-state index contributed by atoms with van der Waals surface area (Å²) in [5.74, 6) is 1.62. The highest BCUT2D eigenvalue weighted by atomic mass is 14.5. The maximum atomic E-state index is 4.14. The Bertz CT molecular complexity index is 297. The Morgan fingerprint density at radius 1 is 1.47 bits per heavy atom. The minimum atomic E-state index is 0.602. The summed E-state index contributed by atoms with van der Waals surface area (Å²) in [6, 6.07) is 0. The smallest absolute Gasteiger partial charge is 0.0146 e.